The highest BCUT2D eigenvalue weighted by Gasteiger charge is 2.32. The van der Waals surface area contributed by atoms with E-state index in [-0.39, 0.29) is 5.56 Å². The second-order valence-corrected chi connectivity index (χ2v) is 6.19. The number of aromatic nitrogens is 2. The van der Waals surface area contributed by atoms with Gasteiger partial charge in [-0.3, -0.25) is 14.2 Å². The van der Waals surface area contributed by atoms with Gasteiger partial charge >= 0.3 is 5.97 Å². The summed E-state index contributed by atoms with van der Waals surface area (Å²) in [6.45, 7) is 4.27. The molecule has 5 nitrogen and oxygen atoms in total. The van der Waals surface area contributed by atoms with Gasteiger partial charge in [-0.05, 0) is 38.7 Å². The number of carbonyl (C=O) groups is 1. The summed E-state index contributed by atoms with van der Waals surface area (Å²) < 4.78 is 1.61. The largest absolute Gasteiger partial charge is 0.481 e. The Hall–Kier alpha value is -1.69. The lowest BCUT2D eigenvalue weighted by molar-refractivity contribution is -0.139. The fourth-order valence-electron chi connectivity index (χ4n) is 3.04. The van der Waals surface area contributed by atoms with Crippen LogP contribution in [0.25, 0.3) is 10.2 Å². The maximum atomic E-state index is 12.6. The van der Waals surface area contributed by atoms with Crippen molar-refractivity contribution in [2.24, 2.45) is 0 Å². The number of aliphatic carboxylic acids is 1. The van der Waals surface area contributed by atoms with Crippen LogP contribution in [-0.2, 0) is 17.8 Å². The van der Waals surface area contributed by atoms with Gasteiger partial charge < -0.3 is 5.11 Å². The molecule has 0 amide bonds. The highest BCUT2D eigenvalue weighted by Crippen LogP contribution is 2.40. The first kappa shape index (κ1) is 13.3. The minimum atomic E-state index is -0.839. The van der Waals surface area contributed by atoms with E-state index in [4.69, 9.17) is 0 Å². The van der Waals surface area contributed by atoms with E-state index in [0.717, 1.165) is 23.3 Å². The van der Waals surface area contributed by atoms with E-state index >= 15 is 0 Å². The minimum Gasteiger partial charge on any atom is -0.481 e. The molecule has 1 aliphatic carbocycles. The lowest BCUT2D eigenvalue weighted by atomic mass is 9.86. The van der Waals surface area contributed by atoms with E-state index in [1.54, 1.807) is 4.57 Å². The van der Waals surface area contributed by atoms with Gasteiger partial charge in [0.05, 0.1) is 11.3 Å². The number of hydrogen-bond acceptors (Lipinski definition) is 4. The van der Waals surface area contributed by atoms with Gasteiger partial charge in [0.15, 0.2) is 0 Å². The Morgan fingerprint density at radius 3 is 2.95 bits per heavy atom. The highest BCUT2D eigenvalue weighted by molar-refractivity contribution is 7.18. The zero-order chi connectivity index (χ0) is 14.4. The molecule has 1 atom stereocenters. The van der Waals surface area contributed by atoms with Gasteiger partial charge in [-0.2, -0.15) is 0 Å². The van der Waals surface area contributed by atoms with Crippen LogP contribution in [-0.4, -0.2) is 20.6 Å². The molecule has 2 aromatic heterocycles. The van der Waals surface area contributed by atoms with Crippen molar-refractivity contribution >= 4 is 27.5 Å². The van der Waals surface area contributed by atoms with Gasteiger partial charge in [-0.25, -0.2) is 4.98 Å². The molecular weight excluding hydrogens is 276 g/mol. The quantitative estimate of drug-likeness (QED) is 0.921. The molecule has 20 heavy (non-hydrogen) atoms. The van der Waals surface area contributed by atoms with Crippen LogP contribution in [0.15, 0.2) is 4.79 Å². The topological polar surface area (TPSA) is 72.2 Å². The van der Waals surface area contributed by atoms with Crippen molar-refractivity contribution in [3.05, 3.63) is 26.6 Å². The van der Waals surface area contributed by atoms with Crippen molar-refractivity contribution in [3.63, 3.8) is 0 Å². The summed E-state index contributed by atoms with van der Waals surface area (Å²) in [5, 5.41) is 9.94. The van der Waals surface area contributed by atoms with E-state index in [1.807, 2.05) is 13.8 Å². The van der Waals surface area contributed by atoms with Crippen LogP contribution in [0.5, 0.6) is 0 Å². The van der Waals surface area contributed by atoms with Crippen LogP contribution in [0.4, 0.5) is 0 Å². The Kier molecular flexibility index (Phi) is 3.12. The van der Waals surface area contributed by atoms with Crippen LogP contribution in [0, 0.1) is 6.92 Å². The third-order valence-electron chi connectivity index (χ3n) is 3.98. The molecule has 0 aromatic carbocycles. The Morgan fingerprint density at radius 2 is 2.30 bits per heavy atom. The zero-order valence-corrected chi connectivity index (χ0v) is 12.3. The molecular formula is C14H16N2O3S. The first-order valence-corrected chi connectivity index (χ1v) is 7.61. The van der Waals surface area contributed by atoms with E-state index < -0.39 is 11.9 Å². The van der Waals surface area contributed by atoms with Crippen molar-refractivity contribution < 1.29 is 9.90 Å². The molecule has 0 saturated heterocycles. The SMILES string of the molecule is CCn1c(C)nc2sc3c(c2c1=O)C(C(=O)O)CCC3. The van der Waals surface area contributed by atoms with Gasteiger partial charge in [-0.1, -0.05) is 0 Å². The van der Waals surface area contributed by atoms with E-state index in [1.165, 1.54) is 11.3 Å². The van der Waals surface area contributed by atoms with Crippen molar-refractivity contribution in [1.29, 1.82) is 0 Å². The fraction of sp³-hybridized carbons (Fsp3) is 0.500. The summed E-state index contributed by atoms with van der Waals surface area (Å²) >= 11 is 1.48. The molecule has 6 heteroatoms. The lowest BCUT2D eigenvalue weighted by Gasteiger charge is -2.19. The Labute approximate surface area is 119 Å². The standard InChI is InChI=1S/C14H16N2O3S/c1-3-16-7(2)15-12-11(13(16)17)10-8(14(18)19)5-4-6-9(10)20-12/h8H,3-6H2,1-2H3,(H,18,19). The summed E-state index contributed by atoms with van der Waals surface area (Å²) in [5.74, 6) is -0.709. The smallest absolute Gasteiger partial charge is 0.311 e. The number of carboxylic acids is 1. The third-order valence-corrected chi connectivity index (χ3v) is 5.14. The molecule has 2 aromatic rings. The number of hydrogen-bond donors (Lipinski definition) is 1. The minimum absolute atomic E-state index is 0.0966. The van der Waals surface area contributed by atoms with Crippen LogP contribution in [0.3, 0.4) is 0 Å². The van der Waals surface area contributed by atoms with Crippen molar-refractivity contribution in [1.82, 2.24) is 9.55 Å². The van der Waals surface area contributed by atoms with Gasteiger partial charge in [-0.15, -0.1) is 11.3 Å². The van der Waals surface area contributed by atoms with Gasteiger partial charge in [0.25, 0.3) is 5.56 Å². The Bertz CT molecular complexity index is 760. The lowest BCUT2D eigenvalue weighted by Crippen LogP contribution is -2.25. The summed E-state index contributed by atoms with van der Waals surface area (Å²) in [6.07, 6.45) is 2.32. The summed E-state index contributed by atoms with van der Waals surface area (Å²) in [4.78, 5) is 30.3. The van der Waals surface area contributed by atoms with E-state index in [0.29, 0.717) is 29.0 Å². The number of aryl methyl sites for hydroxylation is 2. The molecule has 1 N–H and O–H groups in total. The molecule has 0 bridgehead atoms. The highest BCUT2D eigenvalue weighted by atomic mass is 32.1. The zero-order valence-electron chi connectivity index (χ0n) is 11.5. The second kappa shape index (κ2) is 4.70. The maximum Gasteiger partial charge on any atom is 0.311 e. The van der Waals surface area contributed by atoms with Gasteiger partial charge in [0.1, 0.15) is 10.7 Å². The molecule has 1 aliphatic rings. The number of nitrogens with zero attached hydrogens (tertiary/aromatic N) is 2. The molecule has 106 valence electrons. The van der Waals surface area contributed by atoms with Crippen LogP contribution < -0.4 is 5.56 Å². The van der Waals surface area contributed by atoms with Crippen molar-refractivity contribution in [2.75, 3.05) is 0 Å². The van der Waals surface area contributed by atoms with E-state index in [2.05, 4.69) is 4.98 Å². The average Bonchev–Trinajstić information content (AvgIpc) is 2.76. The van der Waals surface area contributed by atoms with Gasteiger partial charge in [0.2, 0.25) is 0 Å². The van der Waals surface area contributed by atoms with Gasteiger partial charge in [0, 0.05) is 11.4 Å². The van der Waals surface area contributed by atoms with Crippen molar-refractivity contribution in [2.45, 2.75) is 45.6 Å². The molecule has 0 aliphatic heterocycles. The summed E-state index contributed by atoms with van der Waals surface area (Å²) in [7, 11) is 0. The Balaban J connectivity index is 2.39. The van der Waals surface area contributed by atoms with Crippen LogP contribution in [0.1, 0.15) is 41.9 Å². The molecule has 0 spiro atoms. The first-order valence-electron chi connectivity index (χ1n) is 6.80. The maximum absolute atomic E-state index is 12.6. The normalized spacial score (nSPS) is 18.2. The molecule has 2 heterocycles. The van der Waals surface area contributed by atoms with Crippen LogP contribution in [0.2, 0.25) is 0 Å². The van der Waals surface area contributed by atoms with Crippen molar-refractivity contribution in [3.8, 4) is 0 Å². The number of fused-ring (bicyclic) bond motifs is 3. The Morgan fingerprint density at radius 1 is 1.55 bits per heavy atom. The van der Waals surface area contributed by atoms with Crippen LogP contribution >= 0.6 is 11.3 Å². The monoisotopic (exact) mass is 292 g/mol. The average molecular weight is 292 g/mol. The predicted octanol–water partition coefficient (Wildman–Crippen LogP) is 2.29. The fourth-order valence-corrected chi connectivity index (χ4v) is 4.35. The number of carboxylic acid groups (broad SMARTS) is 1. The summed E-state index contributed by atoms with van der Waals surface area (Å²) in [5.41, 5.74) is 0.629. The number of thiophene rings is 1. The molecule has 1 unspecified atom stereocenters. The molecule has 0 radical (unpaired) electrons. The molecule has 0 fully saturated rings. The van der Waals surface area contributed by atoms with E-state index in [9.17, 15) is 14.7 Å². The second-order valence-electron chi connectivity index (χ2n) is 5.11. The summed E-state index contributed by atoms with van der Waals surface area (Å²) in [6, 6.07) is 0. The predicted molar refractivity (Wildman–Crippen MR) is 77.6 cm³/mol. The first-order chi connectivity index (χ1) is 9.54. The number of rotatable bonds is 2. The molecule has 3 rings (SSSR count). The molecule has 0 saturated carbocycles. The third kappa shape index (κ3) is 1.78.